The Balaban J connectivity index is 2.16. The van der Waals surface area contributed by atoms with Crippen molar-refractivity contribution in [2.24, 2.45) is 5.41 Å². The van der Waals surface area contributed by atoms with Crippen LogP contribution in [0.4, 0.5) is 11.6 Å². The van der Waals surface area contributed by atoms with E-state index in [2.05, 4.69) is 15.3 Å². The van der Waals surface area contributed by atoms with Crippen LogP contribution in [-0.2, 0) is 0 Å². The first-order valence-corrected chi connectivity index (χ1v) is 6.46. The molecule has 2 rings (SSSR count). The van der Waals surface area contributed by atoms with Crippen molar-refractivity contribution in [1.29, 1.82) is 0 Å². The number of nitrogens with zero attached hydrogens (tertiary/aromatic N) is 2. The zero-order chi connectivity index (χ0) is 13.3. The molecule has 0 saturated heterocycles. The second-order valence-electron chi connectivity index (χ2n) is 5.61. The average molecular weight is 250 g/mol. The SMILES string of the molecule is Cc1c(N)nc(C(C)C)nc1NCC1(CO)CC1. The number of nitrogens with two attached hydrogens (primary N) is 1. The zero-order valence-electron chi connectivity index (χ0n) is 11.3. The topological polar surface area (TPSA) is 84.1 Å². The Morgan fingerprint density at radius 2 is 2.06 bits per heavy atom. The highest BCUT2D eigenvalue weighted by Gasteiger charge is 2.41. The number of nitrogen functional groups attached to an aromatic ring is 1. The van der Waals surface area contributed by atoms with E-state index in [0.29, 0.717) is 5.82 Å². The summed E-state index contributed by atoms with van der Waals surface area (Å²) < 4.78 is 0. The predicted octanol–water partition coefficient (Wildman–Crippen LogP) is 1.68. The summed E-state index contributed by atoms with van der Waals surface area (Å²) >= 11 is 0. The minimum absolute atomic E-state index is 0.0597. The molecule has 0 unspecified atom stereocenters. The Morgan fingerprint density at radius 1 is 1.39 bits per heavy atom. The van der Waals surface area contributed by atoms with E-state index in [9.17, 15) is 5.11 Å². The van der Waals surface area contributed by atoms with Crippen molar-refractivity contribution in [2.75, 3.05) is 24.2 Å². The summed E-state index contributed by atoms with van der Waals surface area (Å²) in [6, 6.07) is 0. The highest BCUT2D eigenvalue weighted by molar-refractivity contribution is 5.55. The third-order valence-electron chi connectivity index (χ3n) is 3.64. The van der Waals surface area contributed by atoms with Gasteiger partial charge in [0.2, 0.25) is 0 Å². The second kappa shape index (κ2) is 4.72. The fourth-order valence-electron chi connectivity index (χ4n) is 1.82. The van der Waals surface area contributed by atoms with E-state index in [4.69, 9.17) is 5.73 Å². The lowest BCUT2D eigenvalue weighted by Gasteiger charge is -2.17. The van der Waals surface area contributed by atoms with Crippen LogP contribution >= 0.6 is 0 Å². The van der Waals surface area contributed by atoms with Crippen LogP contribution in [0.25, 0.3) is 0 Å². The van der Waals surface area contributed by atoms with Gasteiger partial charge in [-0.1, -0.05) is 13.8 Å². The maximum absolute atomic E-state index is 9.30. The zero-order valence-corrected chi connectivity index (χ0v) is 11.3. The number of aliphatic hydroxyl groups is 1. The van der Waals surface area contributed by atoms with E-state index in [0.717, 1.165) is 36.6 Å². The minimum atomic E-state index is 0.0597. The van der Waals surface area contributed by atoms with Gasteiger partial charge in [0.05, 0.1) is 6.61 Å². The molecule has 0 aliphatic heterocycles. The van der Waals surface area contributed by atoms with Crippen LogP contribution in [0.3, 0.4) is 0 Å². The monoisotopic (exact) mass is 250 g/mol. The lowest BCUT2D eigenvalue weighted by molar-refractivity contribution is 0.219. The van der Waals surface area contributed by atoms with E-state index in [1.165, 1.54) is 0 Å². The molecule has 1 fully saturated rings. The van der Waals surface area contributed by atoms with E-state index in [1.54, 1.807) is 0 Å². The largest absolute Gasteiger partial charge is 0.396 e. The molecule has 1 aromatic heterocycles. The van der Waals surface area contributed by atoms with Crippen LogP contribution in [-0.4, -0.2) is 28.2 Å². The molecule has 1 heterocycles. The fraction of sp³-hybridized carbons (Fsp3) is 0.692. The molecule has 0 radical (unpaired) electrons. The predicted molar refractivity (Wildman–Crippen MR) is 72.5 cm³/mol. The number of anilines is 2. The van der Waals surface area contributed by atoms with Gasteiger partial charge in [-0.2, -0.15) is 0 Å². The summed E-state index contributed by atoms with van der Waals surface area (Å²) in [6.07, 6.45) is 2.15. The number of aromatic nitrogens is 2. The van der Waals surface area contributed by atoms with Crippen LogP contribution in [0.1, 0.15) is 44.0 Å². The summed E-state index contributed by atoms with van der Waals surface area (Å²) in [4.78, 5) is 8.80. The van der Waals surface area contributed by atoms with Crippen molar-refractivity contribution in [2.45, 2.75) is 39.5 Å². The van der Waals surface area contributed by atoms with Gasteiger partial charge in [0.1, 0.15) is 17.5 Å². The van der Waals surface area contributed by atoms with E-state index >= 15 is 0 Å². The van der Waals surface area contributed by atoms with Crippen LogP contribution in [0, 0.1) is 12.3 Å². The third kappa shape index (κ3) is 2.56. The van der Waals surface area contributed by atoms with Crippen molar-refractivity contribution in [3.8, 4) is 0 Å². The molecule has 0 amide bonds. The van der Waals surface area contributed by atoms with Gasteiger partial charge < -0.3 is 16.2 Å². The summed E-state index contributed by atoms with van der Waals surface area (Å²) in [5.74, 6) is 2.34. The molecular formula is C13H22N4O. The van der Waals surface area contributed by atoms with Crippen LogP contribution < -0.4 is 11.1 Å². The summed E-state index contributed by atoms with van der Waals surface area (Å²) in [5.41, 5.74) is 6.85. The number of rotatable bonds is 5. The molecule has 5 nitrogen and oxygen atoms in total. The highest BCUT2D eigenvalue weighted by Crippen LogP contribution is 2.45. The van der Waals surface area contributed by atoms with Crippen molar-refractivity contribution < 1.29 is 5.11 Å². The molecule has 0 bridgehead atoms. The molecule has 0 spiro atoms. The molecule has 1 saturated carbocycles. The third-order valence-corrected chi connectivity index (χ3v) is 3.64. The number of hydrogen-bond acceptors (Lipinski definition) is 5. The van der Waals surface area contributed by atoms with Crippen LogP contribution in [0.2, 0.25) is 0 Å². The first kappa shape index (κ1) is 13.1. The maximum atomic E-state index is 9.30. The second-order valence-corrected chi connectivity index (χ2v) is 5.61. The minimum Gasteiger partial charge on any atom is -0.396 e. The number of aliphatic hydroxyl groups excluding tert-OH is 1. The average Bonchev–Trinajstić information content (AvgIpc) is 3.11. The van der Waals surface area contributed by atoms with E-state index in [-0.39, 0.29) is 17.9 Å². The quantitative estimate of drug-likeness (QED) is 0.740. The smallest absolute Gasteiger partial charge is 0.135 e. The van der Waals surface area contributed by atoms with Crippen LogP contribution in [0.15, 0.2) is 0 Å². The van der Waals surface area contributed by atoms with E-state index in [1.807, 2.05) is 20.8 Å². The van der Waals surface area contributed by atoms with Gasteiger partial charge in [-0.3, -0.25) is 0 Å². The molecule has 5 heteroatoms. The first-order valence-electron chi connectivity index (χ1n) is 6.46. The van der Waals surface area contributed by atoms with Crippen LogP contribution in [0.5, 0.6) is 0 Å². The van der Waals surface area contributed by atoms with Gasteiger partial charge in [-0.15, -0.1) is 0 Å². The molecule has 4 N–H and O–H groups in total. The van der Waals surface area contributed by atoms with Crippen molar-refractivity contribution in [1.82, 2.24) is 9.97 Å². The number of hydrogen-bond donors (Lipinski definition) is 3. The standard InChI is InChI=1S/C13H22N4O/c1-8(2)11-16-10(14)9(3)12(17-11)15-6-13(7-18)4-5-13/h8,18H,4-7H2,1-3H3,(H3,14,15,16,17). The summed E-state index contributed by atoms with van der Waals surface area (Å²) in [7, 11) is 0. The van der Waals surface area contributed by atoms with E-state index < -0.39 is 0 Å². The molecule has 100 valence electrons. The summed E-state index contributed by atoms with van der Waals surface area (Å²) in [5, 5.41) is 12.6. The van der Waals surface area contributed by atoms with Gasteiger partial charge in [0.15, 0.2) is 0 Å². The molecule has 1 aliphatic carbocycles. The number of nitrogens with one attached hydrogen (secondary N) is 1. The molecule has 1 aromatic rings. The Labute approximate surface area is 108 Å². The Bertz CT molecular complexity index is 441. The molecule has 0 aromatic carbocycles. The van der Waals surface area contributed by atoms with Crippen molar-refractivity contribution >= 4 is 11.6 Å². The normalized spacial score (nSPS) is 16.9. The highest BCUT2D eigenvalue weighted by atomic mass is 16.3. The first-order chi connectivity index (χ1) is 8.47. The van der Waals surface area contributed by atoms with Gasteiger partial charge in [0.25, 0.3) is 0 Å². The molecule has 0 atom stereocenters. The fourth-order valence-corrected chi connectivity index (χ4v) is 1.82. The lowest BCUT2D eigenvalue weighted by Crippen LogP contribution is -2.21. The van der Waals surface area contributed by atoms with Gasteiger partial charge in [-0.05, 0) is 19.8 Å². The lowest BCUT2D eigenvalue weighted by atomic mass is 10.1. The van der Waals surface area contributed by atoms with Crippen molar-refractivity contribution in [3.05, 3.63) is 11.4 Å². The molecule has 18 heavy (non-hydrogen) atoms. The summed E-state index contributed by atoms with van der Waals surface area (Å²) in [6.45, 7) is 6.99. The Hall–Kier alpha value is -1.36. The maximum Gasteiger partial charge on any atom is 0.135 e. The Kier molecular flexibility index (Phi) is 3.43. The molecular weight excluding hydrogens is 228 g/mol. The van der Waals surface area contributed by atoms with Gasteiger partial charge in [0, 0.05) is 23.4 Å². The van der Waals surface area contributed by atoms with Crippen molar-refractivity contribution in [3.63, 3.8) is 0 Å². The van der Waals surface area contributed by atoms with Gasteiger partial charge >= 0.3 is 0 Å². The van der Waals surface area contributed by atoms with Gasteiger partial charge in [-0.25, -0.2) is 9.97 Å². The Morgan fingerprint density at radius 3 is 2.56 bits per heavy atom. The molecule has 1 aliphatic rings.